The first-order chi connectivity index (χ1) is 16.5. The molecule has 178 valence electrons. The standard InChI is InChI=1S/C29H36N4O/c1-4-6-21-7-9-22(10-8-21)23-11-13-24(14-12-23)33(19-27(30)20(3)5-2)29(34)26-17-25(26)28-18-31-15-16-32-28/h7-16,18,20,25-27H,4-6,17,19,30H2,1-3H3/t20-,25-,26-,27+/m0/s1. The lowest BCUT2D eigenvalue weighted by atomic mass is 9.98. The molecule has 5 nitrogen and oxygen atoms in total. The van der Waals surface area contributed by atoms with Gasteiger partial charge in [-0.1, -0.05) is 70.0 Å². The van der Waals surface area contributed by atoms with Crippen molar-refractivity contribution in [2.75, 3.05) is 11.4 Å². The number of rotatable bonds is 10. The maximum Gasteiger partial charge on any atom is 0.230 e. The Morgan fingerprint density at radius 2 is 1.74 bits per heavy atom. The molecule has 4 rings (SSSR count). The zero-order valence-electron chi connectivity index (χ0n) is 20.5. The van der Waals surface area contributed by atoms with Crippen LogP contribution in [0.25, 0.3) is 11.1 Å². The molecular weight excluding hydrogens is 420 g/mol. The number of nitrogens with two attached hydrogens (primary N) is 1. The summed E-state index contributed by atoms with van der Waals surface area (Å²) in [5, 5.41) is 0. The summed E-state index contributed by atoms with van der Waals surface area (Å²) in [6.07, 6.45) is 9.18. The molecule has 1 aliphatic rings. The molecule has 34 heavy (non-hydrogen) atoms. The monoisotopic (exact) mass is 456 g/mol. The van der Waals surface area contributed by atoms with E-state index in [1.54, 1.807) is 18.6 Å². The number of hydrogen-bond acceptors (Lipinski definition) is 4. The predicted octanol–water partition coefficient (Wildman–Crippen LogP) is 5.61. The Bertz CT molecular complexity index is 1070. The van der Waals surface area contributed by atoms with Crippen LogP contribution in [0.3, 0.4) is 0 Å². The van der Waals surface area contributed by atoms with Gasteiger partial charge in [-0.05, 0) is 47.6 Å². The number of amides is 1. The van der Waals surface area contributed by atoms with Crippen molar-refractivity contribution < 1.29 is 4.79 Å². The van der Waals surface area contributed by atoms with E-state index in [9.17, 15) is 4.79 Å². The van der Waals surface area contributed by atoms with Gasteiger partial charge in [0.2, 0.25) is 5.91 Å². The number of nitrogens with zero attached hydrogens (tertiary/aromatic N) is 3. The van der Waals surface area contributed by atoms with Crippen LogP contribution in [0.15, 0.2) is 67.1 Å². The van der Waals surface area contributed by atoms with E-state index in [4.69, 9.17) is 5.73 Å². The first-order valence-corrected chi connectivity index (χ1v) is 12.5. The fourth-order valence-electron chi connectivity index (χ4n) is 4.50. The van der Waals surface area contributed by atoms with Crippen molar-refractivity contribution in [3.8, 4) is 11.1 Å². The zero-order chi connectivity index (χ0) is 24.1. The minimum absolute atomic E-state index is 0.0633. The number of hydrogen-bond donors (Lipinski definition) is 1. The second-order valence-corrected chi connectivity index (χ2v) is 9.57. The molecule has 1 aromatic heterocycles. The van der Waals surface area contributed by atoms with Crippen molar-refractivity contribution in [3.05, 3.63) is 78.4 Å². The number of aromatic nitrogens is 2. The molecule has 0 bridgehead atoms. The van der Waals surface area contributed by atoms with Crippen LogP contribution in [-0.2, 0) is 11.2 Å². The van der Waals surface area contributed by atoms with E-state index in [0.29, 0.717) is 12.5 Å². The average molecular weight is 457 g/mol. The van der Waals surface area contributed by atoms with Crippen molar-refractivity contribution in [1.82, 2.24) is 9.97 Å². The van der Waals surface area contributed by atoms with Gasteiger partial charge in [0.25, 0.3) is 0 Å². The first kappa shape index (κ1) is 24.1. The molecule has 0 spiro atoms. The lowest BCUT2D eigenvalue weighted by Gasteiger charge is -2.29. The molecular formula is C29H36N4O. The third-order valence-corrected chi connectivity index (χ3v) is 7.11. The predicted molar refractivity (Wildman–Crippen MR) is 139 cm³/mol. The van der Waals surface area contributed by atoms with Gasteiger partial charge < -0.3 is 10.6 Å². The highest BCUT2D eigenvalue weighted by atomic mass is 16.2. The van der Waals surface area contributed by atoms with Gasteiger partial charge in [0.1, 0.15) is 0 Å². The fraction of sp³-hybridized carbons (Fsp3) is 0.414. The molecule has 2 aromatic carbocycles. The van der Waals surface area contributed by atoms with E-state index in [-0.39, 0.29) is 23.8 Å². The summed E-state index contributed by atoms with van der Waals surface area (Å²) in [5.41, 5.74) is 12.0. The van der Waals surface area contributed by atoms with Crippen LogP contribution in [-0.4, -0.2) is 28.5 Å². The highest BCUT2D eigenvalue weighted by molar-refractivity contribution is 5.97. The van der Waals surface area contributed by atoms with Crippen LogP contribution >= 0.6 is 0 Å². The minimum Gasteiger partial charge on any atom is -0.326 e. The van der Waals surface area contributed by atoms with E-state index in [1.165, 1.54) is 11.1 Å². The highest BCUT2D eigenvalue weighted by Gasteiger charge is 2.47. The number of carbonyl (C=O) groups is 1. The molecule has 1 aliphatic carbocycles. The molecule has 1 heterocycles. The van der Waals surface area contributed by atoms with Crippen LogP contribution in [0, 0.1) is 11.8 Å². The summed E-state index contributed by atoms with van der Waals surface area (Å²) in [4.78, 5) is 24.1. The summed E-state index contributed by atoms with van der Waals surface area (Å²) >= 11 is 0. The van der Waals surface area contributed by atoms with Gasteiger partial charge in [0, 0.05) is 48.7 Å². The first-order valence-electron chi connectivity index (χ1n) is 12.5. The van der Waals surface area contributed by atoms with E-state index in [1.807, 2.05) is 4.90 Å². The summed E-state index contributed by atoms with van der Waals surface area (Å²) in [7, 11) is 0. The number of aryl methyl sites for hydroxylation is 1. The molecule has 5 heteroatoms. The SMILES string of the molecule is CCCc1ccc(-c2ccc(N(C[C@@H](N)[C@@H](C)CC)C(=O)[C@H]3C[C@@H]3c3cnccn3)cc2)cc1. The summed E-state index contributed by atoms with van der Waals surface area (Å²) in [6.45, 7) is 7.01. The maximum atomic E-state index is 13.6. The van der Waals surface area contributed by atoms with Gasteiger partial charge >= 0.3 is 0 Å². The molecule has 1 saturated carbocycles. The smallest absolute Gasteiger partial charge is 0.230 e. The Hall–Kier alpha value is -3.05. The van der Waals surface area contributed by atoms with Crippen LogP contribution in [0.1, 0.15) is 57.2 Å². The van der Waals surface area contributed by atoms with Crippen molar-refractivity contribution in [2.24, 2.45) is 17.6 Å². The van der Waals surface area contributed by atoms with Crippen molar-refractivity contribution in [1.29, 1.82) is 0 Å². The van der Waals surface area contributed by atoms with Crippen LogP contribution in [0.4, 0.5) is 5.69 Å². The number of anilines is 1. The number of carbonyl (C=O) groups excluding carboxylic acids is 1. The highest BCUT2D eigenvalue weighted by Crippen LogP contribution is 2.48. The second kappa shape index (κ2) is 10.9. The zero-order valence-corrected chi connectivity index (χ0v) is 20.5. The summed E-state index contributed by atoms with van der Waals surface area (Å²) in [5.74, 6) is 0.549. The van der Waals surface area contributed by atoms with Crippen LogP contribution in [0.2, 0.25) is 0 Å². The van der Waals surface area contributed by atoms with Gasteiger partial charge in [-0.15, -0.1) is 0 Å². The molecule has 0 unspecified atom stereocenters. The molecule has 3 aromatic rings. The summed E-state index contributed by atoms with van der Waals surface area (Å²) in [6, 6.07) is 17.0. The Balaban J connectivity index is 1.54. The molecule has 1 amide bonds. The van der Waals surface area contributed by atoms with E-state index < -0.39 is 0 Å². The Kier molecular flexibility index (Phi) is 7.73. The Labute approximate surface area is 203 Å². The molecule has 0 aliphatic heterocycles. The van der Waals surface area contributed by atoms with E-state index in [0.717, 1.165) is 42.6 Å². The van der Waals surface area contributed by atoms with Gasteiger partial charge in [0.15, 0.2) is 0 Å². The third kappa shape index (κ3) is 5.53. The average Bonchev–Trinajstić information content (AvgIpc) is 3.69. The van der Waals surface area contributed by atoms with Crippen LogP contribution in [0.5, 0.6) is 0 Å². The second-order valence-electron chi connectivity index (χ2n) is 9.57. The lowest BCUT2D eigenvalue weighted by Crippen LogP contribution is -2.45. The molecule has 0 saturated heterocycles. The van der Waals surface area contributed by atoms with Crippen molar-refractivity contribution in [2.45, 2.75) is 58.4 Å². The number of benzene rings is 2. The van der Waals surface area contributed by atoms with E-state index in [2.05, 4.69) is 79.3 Å². The third-order valence-electron chi connectivity index (χ3n) is 7.11. The van der Waals surface area contributed by atoms with Crippen molar-refractivity contribution >= 4 is 11.6 Å². The topological polar surface area (TPSA) is 72.1 Å². The van der Waals surface area contributed by atoms with Crippen LogP contribution < -0.4 is 10.6 Å². The molecule has 1 fully saturated rings. The van der Waals surface area contributed by atoms with Crippen molar-refractivity contribution in [3.63, 3.8) is 0 Å². The summed E-state index contributed by atoms with van der Waals surface area (Å²) < 4.78 is 0. The normalized spacial score (nSPS) is 18.8. The Morgan fingerprint density at radius 3 is 2.32 bits per heavy atom. The largest absolute Gasteiger partial charge is 0.326 e. The fourth-order valence-corrected chi connectivity index (χ4v) is 4.50. The maximum absolute atomic E-state index is 13.6. The quantitative estimate of drug-likeness (QED) is 0.431. The van der Waals surface area contributed by atoms with E-state index >= 15 is 0 Å². The van der Waals surface area contributed by atoms with Gasteiger partial charge in [-0.2, -0.15) is 0 Å². The Morgan fingerprint density at radius 1 is 1.06 bits per heavy atom. The van der Waals surface area contributed by atoms with Gasteiger partial charge in [0.05, 0.1) is 5.69 Å². The molecule has 2 N–H and O–H groups in total. The minimum atomic E-state index is -0.0755. The van der Waals surface area contributed by atoms with Gasteiger partial charge in [-0.3, -0.25) is 14.8 Å². The molecule has 0 radical (unpaired) electrons. The van der Waals surface area contributed by atoms with Gasteiger partial charge in [-0.25, -0.2) is 0 Å². The lowest BCUT2D eigenvalue weighted by molar-refractivity contribution is -0.120. The molecule has 4 atom stereocenters.